The molecule has 0 bridgehead atoms. The van der Waals surface area contributed by atoms with E-state index in [1.807, 2.05) is 22.8 Å². The number of fused-ring (bicyclic) bond motifs is 1. The lowest BCUT2D eigenvalue weighted by Gasteiger charge is -2.20. The second kappa shape index (κ2) is 12.0. The molecular formula is C25H28N6O3S4. The molecule has 200 valence electrons. The molecule has 0 fully saturated rings. The molecule has 4 aromatic rings. The first-order valence-electron chi connectivity index (χ1n) is 11.6. The molecule has 0 radical (unpaired) electrons. The Morgan fingerprint density at radius 1 is 1.11 bits per heavy atom. The molecule has 0 aliphatic heterocycles. The van der Waals surface area contributed by atoms with E-state index in [1.54, 1.807) is 62.1 Å². The molecule has 0 saturated heterocycles. The van der Waals surface area contributed by atoms with Crippen molar-refractivity contribution >= 4 is 66.7 Å². The average molecular weight is 589 g/mol. The van der Waals surface area contributed by atoms with Gasteiger partial charge < -0.3 is 9.88 Å². The first kappa shape index (κ1) is 28.3. The normalized spacial score (nSPS) is 12.1. The van der Waals surface area contributed by atoms with Gasteiger partial charge in [0.2, 0.25) is 15.9 Å². The van der Waals surface area contributed by atoms with Gasteiger partial charge in [0.05, 0.1) is 26.6 Å². The van der Waals surface area contributed by atoms with Crippen molar-refractivity contribution in [2.45, 2.75) is 53.0 Å². The van der Waals surface area contributed by atoms with Gasteiger partial charge in [-0.3, -0.25) is 4.79 Å². The van der Waals surface area contributed by atoms with E-state index in [1.165, 1.54) is 23.9 Å². The maximum atomic E-state index is 12.6. The quantitative estimate of drug-likeness (QED) is 0.182. The van der Waals surface area contributed by atoms with Crippen molar-refractivity contribution < 1.29 is 13.2 Å². The minimum absolute atomic E-state index is 0.117. The van der Waals surface area contributed by atoms with Gasteiger partial charge >= 0.3 is 0 Å². The molecule has 1 amide bonds. The zero-order valence-electron chi connectivity index (χ0n) is 21.2. The molecule has 9 nitrogen and oxygen atoms in total. The van der Waals surface area contributed by atoms with Crippen LogP contribution in [-0.2, 0) is 27.1 Å². The molecule has 0 unspecified atom stereocenters. The third kappa shape index (κ3) is 7.44. The van der Waals surface area contributed by atoms with Crippen molar-refractivity contribution in [3.8, 4) is 0 Å². The third-order valence-electron chi connectivity index (χ3n) is 4.93. The van der Waals surface area contributed by atoms with Crippen molar-refractivity contribution in [2.24, 2.45) is 0 Å². The van der Waals surface area contributed by atoms with Gasteiger partial charge in [0.1, 0.15) is 5.82 Å². The van der Waals surface area contributed by atoms with Crippen LogP contribution in [0.15, 0.2) is 75.6 Å². The minimum atomic E-state index is -3.64. The van der Waals surface area contributed by atoms with E-state index < -0.39 is 15.6 Å². The van der Waals surface area contributed by atoms with Gasteiger partial charge in [0.25, 0.3) is 0 Å². The highest BCUT2D eigenvalue weighted by Crippen LogP contribution is 2.31. The molecule has 4 rings (SSSR count). The van der Waals surface area contributed by atoms with Crippen LogP contribution in [0.2, 0.25) is 0 Å². The Kier molecular flexibility index (Phi) is 8.93. The number of aromatic nitrogens is 4. The number of thioether (sulfide) groups is 2. The number of anilines is 1. The smallest absolute Gasteiger partial charge is 0.241 e. The van der Waals surface area contributed by atoms with Crippen LogP contribution < -0.4 is 10.0 Å². The summed E-state index contributed by atoms with van der Waals surface area (Å²) in [4.78, 5) is 17.4. The molecule has 2 N–H and O–H groups in total. The summed E-state index contributed by atoms with van der Waals surface area (Å²) in [6.07, 6.45) is 1.77. The first-order chi connectivity index (χ1) is 18.0. The van der Waals surface area contributed by atoms with Gasteiger partial charge in [-0.05, 0) is 57.2 Å². The van der Waals surface area contributed by atoms with Crippen molar-refractivity contribution in [1.82, 2.24) is 24.5 Å². The summed E-state index contributed by atoms with van der Waals surface area (Å²) in [7, 11) is -3.64. The monoisotopic (exact) mass is 588 g/mol. The molecule has 2 heterocycles. The SMILES string of the molecule is C=CCn1c(CSc2nc3ccccc3s2)nnc1SCC(=O)Nc1ccc(S(=O)(=O)NC(C)(C)C)cc1. The standard InChI is InChI=1S/C25H28N6O3S4/c1-5-14-31-21(15-36-24-27-19-8-6-7-9-20(19)37-24)28-29-23(31)35-16-22(32)26-17-10-12-18(13-11-17)38(33,34)30-25(2,3)4/h5-13,30H,1,14-16H2,2-4H3,(H,26,32). The molecule has 0 spiro atoms. The van der Waals surface area contributed by atoms with Gasteiger partial charge in [0.15, 0.2) is 9.50 Å². The lowest BCUT2D eigenvalue weighted by Crippen LogP contribution is -2.40. The van der Waals surface area contributed by atoms with E-state index in [4.69, 9.17) is 0 Å². The molecule has 2 aromatic heterocycles. The second-order valence-electron chi connectivity index (χ2n) is 9.25. The summed E-state index contributed by atoms with van der Waals surface area (Å²) in [5.74, 6) is 1.24. The molecule has 0 saturated carbocycles. The van der Waals surface area contributed by atoms with E-state index in [9.17, 15) is 13.2 Å². The Labute approximate surface area is 234 Å². The number of benzene rings is 2. The third-order valence-corrected chi connectivity index (χ3v) is 9.84. The van der Waals surface area contributed by atoms with Crippen LogP contribution in [0, 0.1) is 0 Å². The van der Waals surface area contributed by atoms with Crippen LogP contribution in [0.25, 0.3) is 10.2 Å². The zero-order valence-corrected chi connectivity index (χ0v) is 24.4. The van der Waals surface area contributed by atoms with Crippen molar-refractivity contribution in [2.75, 3.05) is 11.1 Å². The van der Waals surface area contributed by atoms with Gasteiger partial charge in [-0.15, -0.1) is 28.1 Å². The predicted octanol–water partition coefficient (Wildman–Crippen LogP) is 5.17. The van der Waals surface area contributed by atoms with Crippen LogP contribution in [0.1, 0.15) is 26.6 Å². The number of amides is 1. The van der Waals surface area contributed by atoms with Crippen molar-refractivity contribution in [3.05, 3.63) is 67.0 Å². The maximum absolute atomic E-state index is 12.6. The Hall–Kier alpha value is -2.71. The summed E-state index contributed by atoms with van der Waals surface area (Å²) in [5.41, 5.74) is 0.891. The van der Waals surface area contributed by atoms with E-state index in [0.717, 1.165) is 20.4 Å². The van der Waals surface area contributed by atoms with Crippen LogP contribution in [-0.4, -0.2) is 45.4 Å². The number of thiazole rings is 1. The number of hydrogen-bond donors (Lipinski definition) is 2. The fourth-order valence-electron chi connectivity index (χ4n) is 3.39. The largest absolute Gasteiger partial charge is 0.325 e. The highest BCUT2D eigenvalue weighted by Gasteiger charge is 2.22. The summed E-state index contributed by atoms with van der Waals surface area (Å²) >= 11 is 4.52. The molecule has 38 heavy (non-hydrogen) atoms. The molecule has 0 atom stereocenters. The van der Waals surface area contributed by atoms with Gasteiger partial charge in [0, 0.05) is 17.8 Å². The Morgan fingerprint density at radius 3 is 2.53 bits per heavy atom. The lowest BCUT2D eigenvalue weighted by molar-refractivity contribution is -0.113. The number of rotatable bonds is 11. The summed E-state index contributed by atoms with van der Waals surface area (Å²) < 4.78 is 31.6. The summed E-state index contributed by atoms with van der Waals surface area (Å²) in [5, 5.41) is 12.0. The van der Waals surface area contributed by atoms with Crippen LogP contribution in [0.3, 0.4) is 0 Å². The molecule has 0 aliphatic rings. The van der Waals surface area contributed by atoms with E-state index >= 15 is 0 Å². The van der Waals surface area contributed by atoms with Gasteiger partial charge in [-0.1, -0.05) is 41.7 Å². The summed E-state index contributed by atoms with van der Waals surface area (Å²) in [6, 6.07) is 14.1. The van der Waals surface area contributed by atoms with E-state index in [2.05, 4.69) is 37.9 Å². The Bertz CT molecular complexity index is 1510. The second-order valence-corrected chi connectivity index (χ2v) is 14.1. The average Bonchev–Trinajstić information content (AvgIpc) is 3.44. The number of nitrogens with zero attached hydrogens (tertiary/aromatic N) is 4. The summed E-state index contributed by atoms with van der Waals surface area (Å²) in [6.45, 7) is 9.67. The lowest BCUT2D eigenvalue weighted by atomic mass is 10.1. The van der Waals surface area contributed by atoms with E-state index in [-0.39, 0.29) is 16.6 Å². The molecule has 2 aromatic carbocycles. The fraction of sp³-hybridized carbons (Fsp3) is 0.280. The Morgan fingerprint density at radius 2 is 1.84 bits per heavy atom. The van der Waals surface area contributed by atoms with Gasteiger partial charge in [-0.25, -0.2) is 18.1 Å². The fourth-order valence-corrected chi connectivity index (χ4v) is 7.58. The topological polar surface area (TPSA) is 119 Å². The number of carbonyl (C=O) groups excluding carboxylic acids is 1. The number of carbonyl (C=O) groups is 1. The minimum Gasteiger partial charge on any atom is -0.325 e. The number of sulfonamides is 1. The van der Waals surface area contributed by atoms with E-state index in [0.29, 0.717) is 23.1 Å². The highest BCUT2D eigenvalue weighted by molar-refractivity contribution is 8.00. The van der Waals surface area contributed by atoms with Crippen molar-refractivity contribution in [3.63, 3.8) is 0 Å². The van der Waals surface area contributed by atoms with Crippen LogP contribution in [0.4, 0.5) is 5.69 Å². The highest BCUT2D eigenvalue weighted by atomic mass is 32.2. The van der Waals surface area contributed by atoms with Crippen LogP contribution >= 0.6 is 34.9 Å². The van der Waals surface area contributed by atoms with Crippen LogP contribution in [0.5, 0.6) is 0 Å². The zero-order chi connectivity index (χ0) is 27.3. The molecular weight excluding hydrogens is 561 g/mol. The number of para-hydroxylation sites is 1. The predicted molar refractivity (Wildman–Crippen MR) is 155 cm³/mol. The molecule has 0 aliphatic carbocycles. The van der Waals surface area contributed by atoms with Gasteiger partial charge in [-0.2, -0.15) is 0 Å². The number of hydrogen-bond acceptors (Lipinski definition) is 9. The molecule has 13 heteroatoms. The van der Waals surface area contributed by atoms with Crippen molar-refractivity contribution in [1.29, 1.82) is 0 Å². The maximum Gasteiger partial charge on any atom is 0.241 e. The first-order valence-corrected chi connectivity index (χ1v) is 15.9. The number of allylic oxidation sites excluding steroid dienone is 1. The number of nitrogens with one attached hydrogen (secondary N) is 2. The Balaban J connectivity index is 1.34.